The summed E-state index contributed by atoms with van der Waals surface area (Å²) >= 11 is 0. The van der Waals surface area contributed by atoms with Gasteiger partial charge in [-0.15, -0.1) is 12.4 Å². The molecule has 200 valence electrons. The molecule has 0 aliphatic heterocycles. The smallest absolute Gasteiger partial charge is 0.224 e. The lowest BCUT2D eigenvalue weighted by molar-refractivity contribution is -0.115. The van der Waals surface area contributed by atoms with Gasteiger partial charge in [0.05, 0.1) is 5.69 Å². The van der Waals surface area contributed by atoms with Crippen molar-refractivity contribution in [2.24, 2.45) is 11.7 Å². The second-order valence-corrected chi connectivity index (χ2v) is 11.1. The van der Waals surface area contributed by atoms with Gasteiger partial charge in [-0.2, -0.15) is 0 Å². The number of fused-ring (bicyclic) bond motifs is 1. The second-order valence-electron chi connectivity index (χ2n) is 11.1. The number of nitrogens with one attached hydrogen (secondary N) is 1. The molecule has 2 aliphatic rings. The fourth-order valence-electron chi connectivity index (χ4n) is 6.55. The topological polar surface area (TPSA) is 60.1 Å². The van der Waals surface area contributed by atoms with Crippen LogP contribution in [0.5, 0.6) is 0 Å². The first kappa shape index (κ1) is 27.7. The van der Waals surface area contributed by atoms with Gasteiger partial charge in [0.1, 0.15) is 5.82 Å². The van der Waals surface area contributed by atoms with Crippen LogP contribution in [-0.4, -0.2) is 16.5 Å². The summed E-state index contributed by atoms with van der Waals surface area (Å²) < 4.78 is 19.0. The Bertz CT molecular complexity index is 1240. The molecule has 3 aromatic rings. The number of nitrogens with zero attached hydrogens (tertiary/aromatic N) is 1. The number of aromatic nitrogens is 1. The highest BCUT2D eigenvalue weighted by Crippen LogP contribution is 2.44. The summed E-state index contributed by atoms with van der Waals surface area (Å²) in [6.07, 6.45) is 12.6. The maximum atomic E-state index is 16.7. The number of halogens is 2. The average molecular weight is 526 g/mol. The van der Waals surface area contributed by atoms with E-state index in [2.05, 4.69) is 34.3 Å². The lowest BCUT2D eigenvalue weighted by Gasteiger charge is -2.29. The van der Waals surface area contributed by atoms with E-state index in [0.717, 1.165) is 59.8 Å². The minimum atomic E-state index is -0.178. The van der Waals surface area contributed by atoms with E-state index < -0.39 is 0 Å². The van der Waals surface area contributed by atoms with Crippen molar-refractivity contribution in [3.63, 3.8) is 0 Å². The summed E-state index contributed by atoms with van der Waals surface area (Å²) in [6, 6.07) is 10.5. The van der Waals surface area contributed by atoms with Crippen molar-refractivity contribution >= 4 is 34.9 Å². The number of hydrogen-bond acceptors (Lipinski definition) is 2. The van der Waals surface area contributed by atoms with Gasteiger partial charge >= 0.3 is 0 Å². The van der Waals surface area contributed by atoms with E-state index in [1.165, 1.54) is 32.1 Å². The van der Waals surface area contributed by atoms with Crippen molar-refractivity contribution in [2.45, 2.75) is 96.6 Å². The van der Waals surface area contributed by atoms with Gasteiger partial charge < -0.3 is 15.6 Å². The highest BCUT2D eigenvalue weighted by molar-refractivity contribution is 6.03. The highest BCUT2D eigenvalue weighted by atomic mass is 35.5. The number of aryl methyl sites for hydroxylation is 1. The van der Waals surface area contributed by atoms with E-state index >= 15 is 4.39 Å². The monoisotopic (exact) mass is 525 g/mol. The number of amides is 1. The molecule has 1 amide bonds. The minimum absolute atomic E-state index is 0. The van der Waals surface area contributed by atoms with Crippen LogP contribution in [0.1, 0.15) is 88.2 Å². The molecule has 2 aromatic carbocycles. The maximum absolute atomic E-state index is 16.7. The van der Waals surface area contributed by atoms with Crippen LogP contribution < -0.4 is 11.1 Å². The lowest BCUT2D eigenvalue weighted by atomic mass is 9.79. The number of benzene rings is 2. The first-order valence-electron chi connectivity index (χ1n) is 13.9. The van der Waals surface area contributed by atoms with Crippen molar-refractivity contribution in [1.82, 2.24) is 4.57 Å². The van der Waals surface area contributed by atoms with Gasteiger partial charge in [0.2, 0.25) is 5.91 Å². The molecule has 4 nitrogen and oxygen atoms in total. The Labute approximate surface area is 226 Å². The van der Waals surface area contributed by atoms with Crippen molar-refractivity contribution in [2.75, 3.05) is 5.32 Å². The molecule has 0 bridgehead atoms. The molecule has 1 aromatic heterocycles. The largest absolute Gasteiger partial charge is 0.347 e. The van der Waals surface area contributed by atoms with Crippen LogP contribution in [0.4, 0.5) is 10.1 Å². The third kappa shape index (κ3) is 5.73. The van der Waals surface area contributed by atoms with Gasteiger partial charge in [-0.25, -0.2) is 4.39 Å². The fourth-order valence-corrected chi connectivity index (χ4v) is 6.55. The summed E-state index contributed by atoms with van der Waals surface area (Å²) in [4.78, 5) is 12.5. The molecule has 37 heavy (non-hydrogen) atoms. The standard InChI is InChI=1S/C31H40FN3O.ClH/c1-3-28(36)34-26-17-20(2)29(22-13-15-23(33)16-14-22)31(32)30(26)25-19-35(18-21-9-5-4-6-10-21)27-12-8-7-11-24(25)27;/h7-8,11-12,17,19,21-23H,3-6,9-10,13-16,18,33H2,1-2H3,(H,34,36);1H. The zero-order valence-corrected chi connectivity index (χ0v) is 23.0. The number of hydrogen-bond donors (Lipinski definition) is 2. The Balaban J connectivity index is 0.00000320. The van der Waals surface area contributed by atoms with Gasteiger partial charge in [-0.3, -0.25) is 4.79 Å². The quantitative estimate of drug-likeness (QED) is 0.341. The first-order chi connectivity index (χ1) is 17.5. The minimum Gasteiger partial charge on any atom is -0.347 e. The third-order valence-corrected chi connectivity index (χ3v) is 8.52. The van der Waals surface area contributed by atoms with Gasteiger partial charge in [0, 0.05) is 47.2 Å². The molecule has 3 N–H and O–H groups in total. The normalized spacial score (nSPS) is 20.5. The molecule has 6 heteroatoms. The van der Waals surface area contributed by atoms with Crippen molar-refractivity contribution < 1.29 is 9.18 Å². The van der Waals surface area contributed by atoms with Gasteiger partial charge in [0.15, 0.2) is 0 Å². The zero-order valence-electron chi connectivity index (χ0n) is 22.2. The number of nitrogens with two attached hydrogens (primary N) is 1. The first-order valence-corrected chi connectivity index (χ1v) is 13.9. The van der Waals surface area contributed by atoms with Gasteiger partial charge in [0.25, 0.3) is 0 Å². The Morgan fingerprint density at radius 1 is 1.08 bits per heavy atom. The number of rotatable bonds is 6. The molecular weight excluding hydrogens is 485 g/mol. The Morgan fingerprint density at radius 2 is 1.78 bits per heavy atom. The maximum Gasteiger partial charge on any atom is 0.224 e. The molecule has 0 atom stereocenters. The van der Waals surface area contributed by atoms with Crippen molar-refractivity contribution in [3.8, 4) is 11.1 Å². The third-order valence-electron chi connectivity index (χ3n) is 8.52. The molecule has 1 heterocycles. The number of carbonyl (C=O) groups excluding carboxylic acids is 1. The summed E-state index contributed by atoms with van der Waals surface area (Å²) in [5.41, 5.74) is 11.0. The molecule has 0 radical (unpaired) electrons. The van der Waals surface area contributed by atoms with E-state index in [1.807, 2.05) is 26.0 Å². The van der Waals surface area contributed by atoms with Crippen LogP contribution in [0.15, 0.2) is 36.5 Å². The van der Waals surface area contributed by atoms with E-state index in [9.17, 15) is 4.79 Å². The van der Waals surface area contributed by atoms with E-state index in [0.29, 0.717) is 23.6 Å². The average Bonchev–Trinajstić information content (AvgIpc) is 3.23. The van der Waals surface area contributed by atoms with E-state index in [1.54, 1.807) is 0 Å². The molecule has 0 saturated heterocycles. The summed E-state index contributed by atoms with van der Waals surface area (Å²) in [5.74, 6) is 0.543. The number of carbonyl (C=O) groups is 1. The Kier molecular flexibility index (Phi) is 8.97. The predicted octanol–water partition coefficient (Wildman–Crippen LogP) is 8.09. The van der Waals surface area contributed by atoms with Crippen LogP contribution in [0, 0.1) is 18.7 Å². The number of para-hydroxylation sites is 1. The molecule has 5 rings (SSSR count). The van der Waals surface area contributed by atoms with Crippen LogP contribution >= 0.6 is 12.4 Å². The predicted molar refractivity (Wildman–Crippen MR) is 154 cm³/mol. The summed E-state index contributed by atoms with van der Waals surface area (Å²) in [5, 5.41) is 4.07. The zero-order chi connectivity index (χ0) is 25.2. The summed E-state index contributed by atoms with van der Waals surface area (Å²) in [7, 11) is 0. The molecule has 0 unspecified atom stereocenters. The van der Waals surface area contributed by atoms with Crippen molar-refractivity contribution in [3.05, 3.63) is 53.5 Å². The summed E-state index contributed by atoms with van der Waals surface area (Å²) in [6.45, 7) is 4.76. The second kappa shape index (κ2) is 12.0. The molecule has 2 fully saturated rings. The molecule has 2 saturated carbocycles. The van der Waals surface area contributed by atoms with Crippen LogP contribution in [0.3, 0.4) is 0 Å². The number of anilines is 1. The van der Waals surface area contributed by atoms with E-state index in [-0.39, 0.29) is 36.1 Å². The van der Waals surface area contributed by atoms with E-state index in [4.69, 9.17) is 5.73 Å². The van der Waals surface area contributed by atoms with Crippen LogP contribution in [-0.2, 0) is 11.3 Å². The van der Waals surface area contributed by atoms with Crippen LogP contribution in [0.25, 0.3) is 22.0 Å². The molecular formula is C31H41ClFN3O. The molecule has 2 aliphatic carbocycles. The molecule has 0 spiro atoms. The highest BCUT2D eigenvalue weighted by Gasteiger charge is 2.29. The SMILES string of the molecule is CCC(=O)Nc1cc(C)c(C2CCC(N)CC2)c(F)c1-c1cn(CC2CCCCC2)c2ccccc12.Cl. The van der Waals surface area contributed by atoms with Gasteiger partial charge in [-0.05, 0) is 80.5 Å². The van der Waals surface area contributed by atoms with Crippen molar-refractivity contribution in [1.29, 1.82) is 0 Å². The Hall–Kier alpha value is -2.37. The van der Waals surface area contributed by atoms with Gasteiger partial charge in [-0.1, -0.05) is 44.4 Å². The fraction of sp³-hybridized carbons (Fsp3) is 0.516. The van der Waals surface area contributed by atoms with Crippen LogP contribution in [0.2, 0.25) is 0 Å². The lowest BCUT2D eigenvalue weighted by Crippen LogP contribution is -2.26. The Morgan fingerprint density at radius 3 is 2.49 bits per heavy atom.